The number of piperidine rings is 2. The van der Waals surface area contributed by atoms with Crippen molar-refractivity contribution in [1.82, 2.24) is 21.3 Å². The summed E-state index contributed by atoms with van der Waals surface area (Å²) in [4.78, 5) is 25.5. The van der Waals surface area contributed by atoms with Gasteiger partial charge in [0.1, 0.15) is 0 Å². The predicted octanol–water partition coefficient (Wildman–Crippen LogP) is 2.19. The first-order valence-corrected chi connectivity index (χ1v) is 13.2. The number of hydrogen-bond donors (Lipinski definition) is 4. The van der Waals surface area contributed by atoms with E-state index in [-0.39, 0.29) is 17.7 Å². The van der Waals surface area contributed by atoms with Gasteiger partial charge >= 0.3 is 0 Å². The van der Waals surface area contributed by atoms with Gasteiger partial charge in [-0.2, -0.15) is 0 Å². The molecule has 0 bridgehead atoms. The molecular formula is C25H42N4O2. The Morgan fingerprint density at radius 1 is 0.613 bits per heavy atom. The van der Waals surface area contributed by atoms with E-state index in [1.807, 2.05) is 0 Å². The maximum atomic E-state index is 12.9. The van der Waals surface area contributed by atoms with Crippen LogP contribution in [0.25, 0.3) is 0 Å². The molecule has 0 aromatic carbocycles. The fraction of sp³-hybridized carbons (Fsp3) is 0.920. The van der Waals surface area contributed by atoms with Gasteiger partial charge in [-0.1, -0.05) is 0 Å². The van der Waals surface area contributed by atoms with E-state index >= 15 is 0 Å². The van der Waals surface area contributed by atoms with Gasteiger partial charge in [-0.3, -0.25) is 9.59 Å². The molecule has 4 N–H and O–H groups in total. The van der Waals surface area contributed by atoms with Gasteiger partial charge in [0.05, 0.1) is 0 Å². The summed E-state index contributed by atoms with van der Waals surface area (Å²) in [5.41, 5.74) is 0. The maximum Gasteiger partial charge on any atom is 0.223 e. The lowest BCUT2D eigenvalue weighted by Gasteiger charge is -2.39. The van der Waals surface area contributed by atoms with Crippen molar-refractivity contribution in [3.8, 4) is 0 Å². The van der Waals surface area contributed by atoms with Crippen molar-refractivity contribution in [3.63, 3.8) is 0 Å². The maximum absolute atomic E-state index is 12.9. The molecule has 174 valence electrons. The van der Waals surface area contributed by atoms with Crippen molar-refractivity contribution in [2.75, 3.05) is 26.2 Å². The lowest BCUT2D eigenvalue weighted by molar-refractivity contribution is -0.127. The van der Waals surface area contributed by atoms with Crippen LogP contribution < -0.4 is 21.3 Å². The van der Waals surface area contributed by atoms with E-state index in [9.17, 15) is 9.59 Å². The van der Waals surface area contributed by atoms with E-state index in [2.05, 4.69) is 21.3 Å². The molecule has 5 rings (SSSR count). The Hall–Kier alpha value is -1.14. The third-order valence-electron chi connectivity index (χ3n) is 9.19. The minimum absolute atomic E-state index is 0.192. The number of rotatable bonds is 5. The van der Waals surface area contributed by atoms with Gasteiger partial charge < -0.3 is 21.3 Å². The van der Waals surface area contributed by atoms with Crippen LogP contribution in [0.15, 0.2) is 0 Å². The fourth-order valence-corrected chi connectivity index (χ4v) is 7.10. The van der Waals surface area contributed by atoms with E-state index in [1.165, 1.54) is 25.8 Å². The van der Waals surface area contributed by atoms with E-state index < -0.39 is 0 Å². The highest BCUT2D eigenvalue weighted by Crippen LogP contribution is 2.50. The predicted molar refractivity (Wildman–Crippen MR) is 121 cm³/mol. The summed E-state index contributed by atoms with van der Waals surface area (Å²) < 4.78 is 0. The minimum Gasteiger partial charge on any atom is -0.353 e. The first-order chi connectivity index (χ1) is 15.2. The summed E-state index contributed by atoms with van der Waals surface area (Å²) >= 11 is 0. The highest BCUT2D eigenvalue weighted by atomic mass is 16.2. The average Bonchev–Trinajstić information content (AvgIpc) is 3.61. The highest BCUT2D eigenvalue weighted by molar-refractivity contribution is 5.82. The Labute approximate surface area is 187 Å². The molecule has 5 aliphatic rings. The number of hydrogen-bond acceptors (Lipinski definition) is 4. The van der Waals surface area contributed by atoms with Gasteiger partial charge in [-0.05, 0) is 120 Å². The normalized spacial score (nSPS) is 41.1. The van der Waals surface area contributed by atoms with Crippen molar-refractivity contribution < 1.29 is 9.59 Å². The lowest BCUT2D eigenvalue weighted by atomic mass is 9.73. The topological polar surface area (TPSA) is 82.3 Å². The molecule has 3 saturated carbocycles. The second kappa shape index (κ2) is 9.78. The largest absolute Gasteiger partial charge is 0.353 e. The van der Waals surface area contributed by atoms with E-state index in [0.717, 1.165) is 82.8 Å². The minimum atomic E-state index is 0.192. The van der Waals surface area contributed by atoms with Crippen molar-refractivity contribution in [2.45, 2.75) is 82.7 Å². The summed E-state index contributed by atoms with van der Waals surface area (Å²) in [5.74, 6) is 3.91. The number of carbonyl (C=O) groups excluding carboxylic acids is 2. The molecule has 0 aromatic heterocycles. The molecule has 2 amide bonds. The summed E-state index contributed by atoms with van der Waals surface area (Å²) in [6.07, 6.45) is 12.3. The van der Waals surface area contributed by atoms with Gasteiger partial charge in [-0.25, -0.2) is 0 Å². The molecule has 31 heavy (non-hydrogen) atoms. The lowest BCUT2D eigenvalue weighted by Crippen LogP contribution is -2.46. The number of nitrogens with one attached hydrogen (secondary N) is 4. The van der Waals surface area contributed by atoms with Crippen LogP contribution in [0.5, 0.6) is 0 Å². The van der Waals surface area contributed by atoms with Crippen LogP contribution in [0.2, 0.25) is 0 Å². The van der Waals surface area contributed by atoms with Crippen LogP contribution >= 0.6 is 0 Å². The second-order valence-electron chi connectivity index (χ2n) is 11.2. The third kappa shape index (κ3) is 5.27. The zero-order valence-electron chi connectivity index (χ0n) is 19.0. The molecule has 3 aliphatic carbocycles. The van der Waals surface area contributed by atoms with E-state index in [0.29, 0.717) is 29.8 Å². The summed E-state index contributed by atoms with van der Waals surface area (Å²) in [6, 6.07) is 0.769. The Balaban J connectivity index is 1.02. The number of carbonyl (C=O) groups is 2. The van der Waals surface area contributed by atoms with Gasteiger partial charge in [0, 0.05) is 23.9 Å². The van der Waals surface area contributed by atoms with Crippen molar-refractivity contribution in [3.05, 3.63) is 0 Å². The molecule has 5 fully saturated rings. The smallest absolute Gasteiger partial charge is 0.223 e. The molecule has 6 heteroatoms. The first kappa shape index (κ1) is 21.7. The average molecular weight is 431 g/mol. The molecule has 2 saturated heterocycles. The Morgan fingerprint density at radius 3 is 2.13 bits per heavy atom. The van der Waals surface area contributed by atoms with Gasteiger partial charge in [0.15, 0.2) is 0 Å². The molecule has 0 spiro atoms. The quantitative estimate of drug-likeness (QED) is 0.539. The zero-order valence-corrected chi connectivity index (χ0v) is 19.0. The zero-order chi connectivity index (χ0) is 21.2. The van der Waals surface area contributed by atoms with Gasteiger partial charge in [-0.15, -0.1) is 0 Å². The Kier molecular flexibility index (Phi) is 6.84. The van der Waals surface area contributed by atoms with Crippen LogP contribution in [0.1, 0.15) is 70.6 Å². The summed E-state index contributed by atoms with van der Waals surface area (Å²) in [7, 11) is 0. The van der Waals surface area contributed by atoms with E-state index in [4.69, 9.17) is 0 Å². The SMILES string of the molecule is O=C(NC1CCNCC1)C1CCC(C2CC2C(=O)NC2CCC3CNCCC3C2)CC1. The van der Waals surface area contributed by atoms with E-state index in [1.54, 1.807) is 0 Å². The monoisotopic (exact) mass is 430 g/mol. The van der Waals surface area contributed by atoms with Gasteiger partial charge in [0.2, 0.25) is 11.8 Å². The second-order valence-corrected chi connectivity index (χ2v) is 11.2. The Bertz CT molecular complexity index is 641. The molecule has 2 heterocycles. The van der Waals surface area contributed by atoms with Crippen LogP contribution in [0.3, 0.4) is 0 Å². The van der Waals surface area contributed by atoms with Crippen LogP contribution in [0.4, 0.5) is 0 Å². The first-order valence-electron chi connectivity index (χ1n) is 13.2. The summed E-state index contributed by atoms with van der Waals surface area (Å²) in [5, 5.41) is 13.6. The molecule has 0 radical (unpaired) electrons. The van der Waals surface area contributed by atoms with Crippen molar-refractivity contribution in [2.24, 2.45) is 35.5 Å². The number of amides is 2. The Morgan fingerprint density at radius 2 is 1.32 bits per heavy atom. The van der Waals surface area contributed by atoms with Crippen molar-refractivity contribution in [1.29, 1.82) is 0 Å². The van der Waals surface area contributed by atoms with Gasteiger partial charge in [0.25, 0.3) is 0 Å². The number of fused-ring (bicyclic) bond motifs is 1. The summed E-state index contributed by atoms with van der Waals surface area (Å²) in [6.45, 7) is 4.35. The van der Waals surface area contributed by atoms with Crippen LogP contribution in [-0.2, 0) is 9.59 Å². The molecule has 5 atom stereocenters. The van der Waals surface area contributed by atoms with Crippen LogP contribution in [-0.4, -0.2) is 50.1 Å². The molecule has 6 nitrogen and oxygen atoms in total. The van der Waals surface area contributed by atoms with Crippen molar-refractivity contribution >= 4 is 11.8 Å². The molecular weight excluding hydrogens is 388 g/mol. The van der Waals surface area contributed by atoms with Crippen LogP contribution in [0, 0.1) is 35.5 Å². The molecule has 2 aliphatic heterocycles. The highest BCUT2D eigenvalue weighted by Gasteiger charge is 2.49. The standard InChI is InChI=1S/C25H42N4O2/c30-24(28-20-8-11-26-12-9-20)17-3-1-16(2-4-17)22-14-23(22)25(31)29-21-6-5-19-15-27-10-7-18(19)13-21/h16-23,26-27H,1-15H2,(H,28,30)(H,29,31). The fourth-order valence-electron chi connectivity index (χ4n) is 7.10. The third-order valence-corrected chi connectivity index (χ3v) is 9.19. The molecule has 0 aromatic rings. The molecule has 5 unspecified atom stereocenters.